The van der Waals surface area contributed by atoms with E-state index in [4.69, 9.17) is 0 Å². The molecular formula is C11H16BrNO2S. The lowest BCUT2D eigenvalue weighted by molar-refractivity contribution is 0.474. The van der Waals surface area contributed by atoms with Crippen molar-refractivity contribution in [3.63, 3.8) is 0 Å². The maximum Gasteiger partial charge on any atom is 0.115 e. The maximum atomic E-state index is 11.1. The molecule has 2 unspecified atom stereocenters. The Morgan fingerprint density at radius 2 is 2.25 bits per heavy atom. The molecule has 0 heterocycles. The Bertz CT molecular complexity index is 384. The quantitative estimate of drug-likeness (QED) is 0.875. The smallest absolute Gasteiger partial charge is 0.115 e. The van der Waals surface area contributed by atoms with Crippen LogP contribution in [0.1, 0.15) is 12.5 Å². The summed E-state index contributed by atoms with van der Waals surface area (Å²) in [7, 11) is -0.802. The summed E-state index contributed by atoms with van der Waals surface area (Å²) < 4.78 is 12.1. The highest BCUT2D eigenvalue weighted by atomic mass is 79.9. The Balaban J connectivity index is 2.48. The van der Waals surface area contributed by atoms with Gasteiger partial charge in [-0.3, -0.25) is 4.21 Å². The molecule has 0 radical (unpaired) electrons. The lowest BCUT2D eigenvalue weighted by Crippen LogP contribution is -2.27. The molecule has 0 bridgehead atoms. The molecule has 3 nitrogen and oxygen atoms in total. The van der Waals surface area contributed by atoms with E-state index in [1.165, 1.54) is 0 Å². The van der Waals surface area contributed by atoms with Crippen molar-refractivity contribution in [2.45, 2.75) is 18.7 Å². The molecule has 0 amide bonds. The van der Waals surface area contributed by atoms with Crippen LogP contribution in [0, 0.1) is 0 Å². The van der Waals surface area contributed by atoms with Gasteiger partial charge in [-0.1, -0.05) is 15.9 Å². The standard InChI is InChI=1S/C11H16BrNO2S/c1-8(16(2)15)6-13-7-9-5-10(14)3-4-11(9)12/h3-5,8,13-14H,6-7H2,1-2H3. The number of phenols is 1. The average molecular weight is 306 g/mol. The fourth-order valence-corrected chi connectivity index (χ4v) is 1.96. The Morgan fingerprint density at radius 1 is 1.56 bits per heavy atom. The van der Waals surface area contributed by atoms with Gasteiger partial charge >= 0.3 is 0 Å². The summed E-state index contributed by atoms with van der Waals surface area (Å²) in [6, 6.07) is 5.16. The van der Waals surface area contributed by atoms with E-state index in [2.05, 4.69) is 21.2 Å². The second kappa shape index (κ2) is 6.37. The van der Waals surface area contributed by atoms with Gasteiger partial charge in [0.25, 0.3) is 0 Å². The molecule has 0 saturated carbocycles. The number of hydrogen-bond acceptors (Lipinski definition) is 3. The third-order valence-corrected chi connectivity index (χ3v) is 4.42. The predicted octanol–water partition coefficient (Wildman–Crippen LogP) is 2.01. The molecular weight excluding hydrogens is 290 g/mol. The monoisotopic (exact) mass is 305 g/mol. The first-order valence-electron chi connectivity index (χ1n) is 5.01. The summed E-state index contributed by atoms with van der Waals surface area (Å²) in [5.41, 5.74) is 0.995. The third kappa shape index (κ3) is 4.23. The Labute approximate surface area is 107 Å². The van der Waals surface area contributed by atoms with Crippen molar-refractivity contribution in [2.75, 3.05) is 12.8 Å². The summed E-state index contributed by atoms with van der Waals surface area (Å²) in [5, 5.41) is 12.7. The predicted molar refractivity (Wildman–Crippen MR) is 71.0 cm³/mol. The van der Waals surface area contributed by atoms with E-state index in [0.717, 1.165) is 10.0 Å². The van der Waals surface area contributed by atoms with Gasteiger partial charge in [0.15, 0.2) is 0 Å². The van der Waals surface area contributed by atoms with Gasteiger partial charge in [-0.05, 0) is 30.7 Å². The summed E-state index contributed by atoms with van der Waals surface area (Å²) in [4.78, 5) is 0. The highest BCUT2D eigenvalue weighted by molar-refractivity contribution is 9.10. The zero-order chi connectivity index (χ0) is 12.1. The van der Waals surface area contributed by atoms with E-state index >= 15 is 0 Å². The van der Waals surface area contributed by atoms with Crippen molar-refractivity contribution in [3.8, 4) is 5.75 Å². The van der Waals surface area contributed by atoms with Gasteiger partial charge in [-0.2, -0.15) is 0 Å². The SMILES string of the molecule is CC(CNCc1cc(O)ccc1Br)S(C)=O. The third-order valence-electron chi connectivity index (χ3n) is 2.34. The van der Waals surface area contributed by atoms with E-state index < -0.39 is 10.8 Å². The Hall–Kier alpha value is -0.390. The van der Waals surface area contributed by atoms with Crippen LogP contribution < -0.4 is 5.32 Å². The van der Waals surface area contributed by atoms with Crippen molar-refractivity contribution in [1.29, 1.82) is 0 Å². The average Bonchev–Trinajstić information content (AvgIpc) is 2.22. The molecule has 1 rings (SSSR count). The number of halogens is 1. The molecule has 0 aliphatic heterocycles. The molecule has 1 aromatic carbocycles. The van der Waals surface area contributed by atoms with Gasteiger partial charge in [-0.15, -0.1) is 0 Å². The summed E-state index contributed by atoms with van der Waals surface area (Å²) in [6.07, 6.45) is 1.70. The molecule has 5 heteroatoms. The minimum Gasteiger partial charge on any atom is -0.508 e. The zero-order valence-electron chi connectivity index (χ0n) is 9.37. The van der Waals surface area contributed by atoms with E-state index in [1.54, 1.807) is 18.4 Å². The van der Waals surface area contributed by atoms with E-state index in [-0.39, 0.29) is 11.0 Å². The van der Waals surface area contributed by atoms with Gasteiger partial charge < -0.3 is 10.4 Å². The fraction of sp³-hybridized carbons (Fsp3) is 0.455. The number of phenolic OH excluding ortho intramolecular Hbond substituents is 1. The van der Waals surface area contributed by atoms with Crippen LogP contribution in [0.5, 0.6) is 5.75 Å². The molecule has 0 aliphatic rings. The Kier molecular flexibility index (Phi) is 5.44. The maximum absolute atomic E-state index is 11.1. The van der Waals surface area contributed by atoms with E-state index in [1.807, 2.05) is 13.0 Å². The van der Waals surface area contributed by atoms with Gasteiger partial charge in [0, 0.05) is 39.9 Å². The number of rotatable bonds is 5. The topological polar surface area (TPSA) is 49.3 Å². The van der Waals surface area contributed by atoms with Crippen molar-refractivity contribution in [2.24, 2.45) is 0 Å². The van der Waals surface area contributed by atoms with Crippen LogP contribution in [0.2, 0.25) is 0 Å². The molecule has 0 spiro atoms. The molecule has 90 valence electrons. The highest BCUT2D eigenvalue weighted by Gasteiger charge is 2.06. The van der Waals surface area contributed by atoms with E-state index in [0.29, 0.717) is 13.1 Å². The van der Waals surface area contributed by atoms with Crippen molar-refractivity contribution in [3.05, 3.63) is 28.2 Å². The van der Waals surface area contributed by atoms with Crippen LogP contribution in [-0.4, -0.2) is 27.4 Å². The lowest BCUT2D eigenvalue weighted by Gasteiger charge is -2.11. The second-order valence-electron chi connectivity index (χ2n) is 3.72. The fourth-order valence-electron chi connectivity index (χ4n) is 1.22. The van der Waals surface area contributed by atoms with Crippen LogP contribution in [-0.2, 0) is 17.3 Å². The van der Waals surface area contributed by atoms with Crippen LogP contribution >= 0.6 is 15.9 Å². The molecule has 2 atom stereocenters. The van der Waals surface area contributed by atoms with Crippen molar-refractivity contribution < 1.29 is 9.32 Å². The minimum atomic E-state index is -0.802. The summed E-state index contributed by atoms with van der Waals surface area (Å²) in [5.74, 6) is 0.257. The number of hydrogen-bond donors (Lipinski definition) is 2. The van der Waals surface area contributed by atoms with Gasteiger partial charge in [0.1, 0.15) is 5.75 Å². The molecule has 0 saturated heterocycles. The summed E-state index contributed by atoms with van der Waals surface area (Å²) in [6.45, 7) is 3.29. The van der Waals surface area contributed by atoms with E-state index in [9.17, 15) is 9.32 Å². The first-order valence-corrected chi connectivity index (χ1v) is 7.42. The van der Waals surface area contributed by atoms with Gasteiger partial charge in [0.05, 0.1) is 0 Å². The normalized spacial score (nSPS) is 14.7. The number of benzene rings is 1. The highest BCUT2D eigenvalue weighted by Crippen LogP contribution is 2.21. The van der Waals surface area contributed by atoms with Crippen LogP contribution in [0.3, 0.4) is 0 Å². The molecule has 0 fully saturated rings. The lowest BCUT2D eigenvalue weighted by atomic mass is 10.2. The molecule has 2 N–H and O–H groups in total. The van der Waals surface area contributed by atoms with Crippen LogP contribution in [0.4, 0.5) is 0 Å². The van der Waals surface area contributed by atoms with Crippen molar-refractivity contribution >= 4 is 26.7 Å². The molecule has 0 aliphatic carbocycles. The first-order chi connectivity index (χ1) is 7.50. The molecule has 0 aromatic heterocycles. The van der Waals surface area contributed by atoms with Gasteiger partial charge in [-0.25, -0.2) is 0 Å². The Morgan fingerprint density at radius 3 is 2.88 bits per heavy atom. The summed E-state index contributed by atoms with van der Waals surface area (Å²) >= 11 is 3.42. The molecule has 1 aromatic rings. The number of nitrogens with one attached hydrogen (secondary N) is 1. The minimum absolute atomic E-state index is 0.135. The second-order valence-corrected chi connectivity index (χ2v) is 6.37. The largest absolute Gasteiger partial charge is 0.508 e. The van der Waals surface area contributed by atoms with Gasteiger partial charge in [0.2, 0.25) is 0 Å². The molecule has 16 heavy (non-hydrogen) atoms. The van der Waals surface area contributed by atoms with Crippen molar-refractivity contribution in [1.82, 2.24) is 5.32 Å². The van der Waals surface area contributed by atoms with Crippen LogP contribution in [0.15, 0.2) is 22.7 Å². The number of aromatic hydroxyl groups is 1. The zero-order valence-corrected chi connectivity index (χ0v) is 11.8. The van der Waals surface area contributed by atoms with Crippen LogP contribution in [0.25, 0.3) is 0 Å². The first kappa shape index (κ1) is 13.7.